The normalized spacial score (nSPS) is 10.6. The number of ether oxygens (including phenoxy) is 1. The standard InChI is InChI=1S/C9H13N7OS/c1-3-4-17-7-13-6(10)14-8(15-7)18-9-11-5-12-16(9)2/h5H,3-4H2,1-2H3,(H2,10,13,14,15). The monoisotopic (exact) mass is 267 g/mol. The van der Waals surface area contributed by atoms with Crippen molar-refractivity contribution < 1.29 is 4.74 Å². The van der Waals surface area contributed by atoms with Gasteiger partial charge >= 0.3 is 6.01 Å². The molecular formula is C9H13N7OS. The van der Waals surface area contributed by atoms with E-state index in [9.17, 15) is 0 Å². The van der Waals surface area contributed by atoms with Crippen LogP contribution < -0.4 is 10.5 Å². The van der Waals surface area contributed by atoms with Crippen LogP contribution >= 0.6 is 11.8 Å². The Bertz CT molecular complexity index is 529. The number of aryl methyl sites for hydroxylation is 1. The van der Waals surface area contributed by atoms with E-state index in [4.69, 9.17) is 10.5 Å². The summed E-state index contributed by atoms with van der Waals surface area (Å²) in [6, 6.07) is 0.231. The molecule has 0 saturated heterocycles. The summed E-state index contributed by atoms with van der Waals surface area (Å²) in [6.07, 6.45) is 2.33. The van der Waals surface area contributed by atoms with Gasteiger partial charge in [0.15, 0.2) is 5.16 Å². The Hall–Kier alpha value is -1.90. The molecule has 0 atom stereocenters. The zero-order valence-electron chi connectivity index (χ0n) is 10.1. The molecule has 0 saturated carbocycles. The van der Waals surface area contributed by atoms with Crippen molar-refractivity contribution in [2.24, 2.45) is 7.05 Å². The van der Waals surface area contributed by atoms with Crippen molar-refractivity contribution in [3.63, 3.8) is 0 Å². The molecule has 0 aromatic carbocycles. The van der Waals surface area contributed by atoms with E-state index in [0.29, 0.717) is 16.9 Å². The molecule has 0 spiro atoms. The predicted octanol–water partition coefficient (Wildman–Crippen LogP) is 0.522. The van der Waals surface area contributed by atoms with Crippen LogP contribution in [0.2, 0.25) is 0 Å². The minimum Gasteiger partial charge on any atom is -0.463 e. The van der Waals surface area contributed by atoms with Crippen LogP contribution in [0.1, 0.15) is 13.3 Å². The number of hydrogen-bond donors (Lipinski definition) is 1. The summed E-state index contributed by atoms with van der Waals surface area (Å²) in [4.78, 5) is 16.1. The van der Waals surface area contributed by atoms with Crippen LogP contribution in [0.15, 0.2) is 16.6 Å². The summed E-state index contributed by atoms with van der Waals surface area (Å²) in [6.45, 7) is 2.54. The molecule has 18 heavy (non-hydrogen) atoms. The lowest BCUT2D eigenvalue weighted by Gasteiger charge is -2.04. The molecule has 9 heteroatoms. The number of anilines is 1. The van der Waals surface area contributed by atoms with Crippen molar-refractivity contribution in [1.82, 2.24) is 29.7 Å². The van der Waals surface area contributed by atoms with Crippen LogP contribution in [0.3, 0.4) is 0 Å². The molecule has 0 amide bonds. The summed E-state index contributed by atoms with van der Waals surface area (Å²) in [5, 5.41) is 5.06. The Morgan fingerprint density at radius 2 is 2.22 bits per heavy atom. The third-order valence-corrected chi connectivity index (χ3v) is 2.82. The maximum absolute atomic E-state index is 5.60. The Balaban J connectivity index is 2.17. The van der Waals surface area contributed by atoms with E-state index < -0.39 is 0 Å². The average Bonchev–Trinajstić information content (AvgIpc) is 2.72. The molecule has 2 N–H and O–H groups in total. The van der Waals surface area contributed by atoms with Gasteiger partial charge in [-0.25, -0.2) is 9.67 Å². The van der Waals surface area contributed by atoms with Crippen molar-refractivity contribution >= 4 is 17.7 Å². The van der Waals surface area contributed by atoms with E-state index in [2.05, 4.69) is 25.0 Å². The van der Waals surface area contributed by atoms with E-state index in [1.807, 2.05) is 6.92 Å². The van der Waals surface area contributed by atoms with Gasteiger partial charge in [-0.05, 0) is 18.2 Å². The summed E-state index contributed by atoms with van der Waals surface area (Å²) in [5.41, 5.74) is 5.60. The van der Waals surface area contributed by atoms with E-state index in [1.54, 1.807) is 11.7 Å². The van der Waals surface area contributed by atoms with Crippen LogP contribution in [0.4, 0.5) is 5.95 Å². The maximum atomic E-state index is 5.60. The molecule has 0 aliphatic carbocycles. The van der Waals surface area contributed by atoms with Crippen LogP contribution in [0.5, 0.6) is 6.01 Å². The molecule has 0 aliphatic rings. The minimum absolute atomic E-state index is 0.126. The Kier molecular flexibility index (Phi) is 3.92. The highest BCUT2D eigenvalue weighted by Crippen LogP contribution is 2.23. The van der Waals surface area contributed by atoms with Crippen LogP contribution in [0.25, 0.3) is 0 Å². The third-order valence-electron chi connectivity index (χ3n) is 1.90. The van der Waals surface area contributed by atoms with Gasteiger partial charge in [0, 0.05) is 7.05 Å². The average molecular weight is 267 g/mol. The smallest absolute Gasteiger partial charge is 0.322 e. The second kappa shape index (κ2) is 5.63. The molecule has 2 rings (SSSR count). The van der Waals surface area contributed by atoms with Crippen molar-refractivity contribution in [3.05, 3.63) is 6.33 Å². The van der Waals surface area contributed by atoms with Gasteiger partial charge < -0.3 is 10.5 Å². The molecule has 2 aromatic heterocycles. The fourth-order valence-electron chi connectivity index (χ4n) is 1.12. The summed E-state index contributed by atoms with van der Waals surface area (Å²) >= 11 is 1.25. The first kappa shape index (κ1) is 12.6. The maximum Gasteiger partial charge on any atom is 0.322 e. The first-order chi connectivity index (χ1) is 8.69. The second-order valence-corrected chi connectivity index (χ2v) is 4.31. The van der Waals surface area contributed by atoms with Gasteiger partial charge in [0.2, 0.25) is 11.1 Å². The molecular weight excluding hydrogens is 254 g/mol. The molecule has 0 aliphatic heterocycles. The zero-order chi connectivity index (χ0) is 13.0. The molecule has 0 bridgehead atoms. The fraction of sp³-hybridized carbons (Fsp3) is 0.444. The summed E-state index contributed by atoms with van der Waals surface area (Å²) in [7, 11) is 1.79. The summed E-state index contributed by atoms with van der Waals surface area (Å²) in [5.74, 6) is 0.126. The Labute approximate surface area is 108 Å². The van der Waals surface area contributed by atoms with Gasteiger partial charge in [-0.3, -0.25) is 0 Å². The number of nitrogen functional groups attached to an aromatic ring is 1. The Morgan fingerprint density at radius 1 is 1.39 bits per heavy atom. The third kappa shape index (κ3) is 3.06. The van der Waals surface area contributed by atoms with Crippen molar-refractivity contribution in [3.8, 4) is 6.01 Å². The van der Waals surface area contributed by atoms with E-state index in [1.165, 1.54) is 18.1 Å². The van der Waals surface area contributed by atoms with Crippen LogP contribution in [0, 0.1) is 0 Å². The molecule has 2 aromatic rings. The fourth-order valence-corrected chi connectivity index (χ4v) is 1.82. The predicted molar refractivity (Wildman–Crippen MR) is 65.2 cm³/mol. The highest BCUT2D eigenvalue weighted by atomic mass is 32.2. The number of aromatic nitrogens is 6. The SMILES string of the molecule is CCCOc1nc(N)nc(Sc2ncnn2C)n1. The molecule has 0 radical (unpaired) electrons. The number of nitrogens with two attached hydrogens (primary N) is 1. The van der Waals surface area contributed by atoms with Gasteiger partial charge in [0.25, 0.3) is 0 Å². The van der Waals surface area contributed by atoms with Crippen LogP contribution in [-0.2, 0) is 7.05 Å². The Morgan fingerprint density at radius 3 is 2.89 bits per heavy atom. The highest BCUT2D eigenvalue weighted by molar-refractivity contribution is 7.99. The largest absolute Gasteiger partial charge is 0.463 e. The van der Waals surface area contributed by atoms with Gasteiger partial charge in [-0.1, -0.05) is 6.92 Å². The molecule has 96 valence electrons. The number of rotatable bonds is 5. The zero-order valence-corrected chi connectivity index (χ0v) is 10.9. The number of hydrogen-bond acceptors (Lipinski definition) is 8. The summed E-state index contributed by atoms with van der Waals surface area (Å²) < 4.78 is 6.95. The van der Waals surface area contributed by atoms with E-state index >= 15 is 0 Å². The molecule has 2 heterocycles. The van der Waals surface area contributed by atoms with Gasteiger partial charge in [-0.2, -0.15) is 20.1 Å². The van der Waals surface area contributed by atoms with Gasteiger partial charge in [0.05, 0.1) is 6.61 Å². The van der Waals surface area contributed by atoms with Crippen LogP contribution in [-0.4, -0.2) is 36.3 Å². The van der Waals surface area contributed by atoms with Gasteiger partial charge in [0.1, 0.15) is 6.33 Å². The quantitative estimate of drug-likeness (QED) is 0.836. The first-order valence-corrected chi connectivity index (χ1v) is 6.17. The second-order valence-electron chi connectivity index (χ2n) is 3.38. The van der Waals surface area contributed by atoms with E-state index in [0.717, 1.165) is 6.42 Å². The molecule has 0 fully saturated rings. The molecule has 8 nitrogen and oxygen atoms in total. The lowest BCUT2D eigenvalue weighted by Crippen LogP contribution is -2.05. The lowest BCUT2D eigenvalue weighted by atomic mass is 10.5. The number of nitrogens with zero attached hydrogens (tertiary/aromatic N) is 6. The first-order valence-electron chi connectivity index (χ1n) is 5.35. The van der Waals surface area contributed by atoms with Gasteiger partial charge in [-0.15, -0.1) is 0 Å². The lowest BCUT2D eigenvalue weighted by molar-refractivity contribution is 0.288. The topological polar surface area (TPSA) is 105 Å². The van der Waals surface area contributed by atoms with E-state index in [-0.39, 0.29) is 12.0 Å². The van der Waals surface area contributed by atoms with Crippen molar-refractivity contribution in [2.75, 3.05) is 12.3 Å². The van der Waals surface area contributed by atoms with Crippen molar-refractivity contribution in [2.45, 2.75) is 23.7 Å². The highest BCUT2D eigenvalue weighted by Gasteiger charge is 2.10. The minimum atomic E-state index is 0.126. The molecule has 0 unspecified atom stereocenters. The van der Waals surface area contributed by atoms with Crippen molar-refractivity contribution in [1.29, 1.82) is 0 Å².